The fourth-order valence-corrected chi connectivity index (χ4v) is 2.49. The number of halogens is 4. The zero-order valence-corrected chi connectivity index (χ0v) is 11.7. The van der Waals surface area contributed by atoms with Gasteiger partial charge in [-0.15, -0.1) is 0 Å². The van der Waals surface area contributed by atoms with E-state index in [1.807, 2.05) is 0 Å². The molecule has 2 aromatic carbocycles. The van der Waals surface area contributed by atoms with Crippen LogP contribution in [-0.4, -0.2) is 9.55 Å². The number of imidazole rings is 1. The van der Waals surface area contributed by atoms with Gasteiger partial charge >= 0.3 is 0 Å². The molecular weight excluding hydrogens is 333 g/mol. The summed E-state index contributed by atoms with van der Waals surface area (Å²) in [4.78, 5) is 4.03. The fourth-order valence-electron chi connectivity index (χ4n) is 2.01. The van der Waals surface area contributed by atoms with Gasteiger partial charge in [0.05, 0.1) is 23.9 Å². The number of aromatic nitrogens is 2. The lowest BCUT2D eigenvalue weighted by Crippen LogP contribution is -1.99. The number of nitrogens with zero attached hydrogens (tertiary/aromatic N) is 2. The van der Waals surface area contributed by atoms with Gasteiger partial charge < -0.3 is 4.57 Å². The highest BCUT2D eigenvalue weighted by atomic mass is 79.9. The SMILES string of the molecule is Fc1ccc(Cn2cnc3cc(F)c(F)cc32)c(Br)c1. The number of benzene rings is 2. The highest BCUT2D eigenvalue weighted by Crippen LogP contribution is 2.22. The molecule has 0 aliphatic rings. The largest absolute Gasteiger partial charge is 0.326 e. The molecule has 20 heavy (non-hydrogen) atoms. The molecule has 3 aromatic rings. The van der Waals surface area contributed by atoms with E-state index in [1.165, 1.54) is 18.5 Å². The van der Waals surface area contributed by atoms with E-state index < -0.39 is 11.6 Å². The molecule has 0 unspecified atom stereocenters. The predicted octanol–water partition coefficient (Wildman–Crippen LogP) is 4.26. The smallest absolute Gasteiger partial charge is 0.161 e. The monoisotopic (exact) mass is 340 g/mol. The van der Waals surface area contributed by atoms with Crippen LogP contribution in [0.15, 0.2) is 41.1 Å². The first-order valence-corrected chi connectivity index (χ1v) is 6.58. The fraction of sp³-hybridized carbons (Fsp3) is 0.0714. The molecule has 0 N–H and O–H groups in total. The van der Waals surface area contributed by atoms with Crippen molar-refractivity contribution in [2.75, 3.05) is 0 Å². The van der Waals surface area contributed by atoms with E-state index in [2.05, 4.69) is 20.9 Å². The van der Waals surface area contributed by atoms with Crippen LogP contribution in [0.2, 0.25) is 0 Å². The summed E-state index contributed by atoms with van der Waals surface area (Å²) in [5.74, 6) is -2.19. The van der Waals surface area contributed by atoms with Crippen LogP contribution < -0.4 is 0 Å². The van der Waals surface area contributed by atoms with E-state index in [0.29, 0.717) is 22.1 Å². The third kappa shape index (κ3) is 2.31. The van der Waals surface area contributed by atoms with Gasteiger partial charge in [0.25, 0.3) is 0 Å². The van der Waals surface area contributed by atoms with E-state index in [-0.39, 0.29) is 5.82 Å². The Balaban J connectivity index is 2.04. The van der Waals surface area contributed by atoms with E-state index in [0.717, 1.165) is 17.7 Å². The molecule has 102 valence electrons. The Bertz CT molecular complexity index is 798. The lowest BCUT2D eigenvalue weighted by Gasteiger charge is -2.07. The molecular formula is C14H8BrF3N2. The second-order valence-electron chi connectivity index (χ2n) is 4.36. The maximum Gasteiger partial charge on any atom is 0.161 e. The third-order valence-corrected chi connectivity index (χ3v) is 3.76. The van der Waals surface area contributed by atoms with Crippen molar-refractivity contribution in [2.45, 2.75) is 6.54 Å². The van der Waals surface area contributed by atoms with Crippen molar-refractivity contribution in [1.29, 1.82) is 0 Å². The molecule has 2 nitrogen and oxygen atoms in total. The quantitative estimate of drug-likeness (QED) is 0.681. The number of hydrogen-bond acceptors (Lipinski definition) is 1. The minimum absolute atomic E-state index is 0.343. The van der Waals surface area contributed by atoms with Gasteiger partial charge in [0, 0.05) is 16.6 Å². The van der Waals surface area contributed by atoms with Gasteiger partial charge in [-0.25, -0.2) is 18.2 Å². The van der Waals surface area contributed by atoms with Crippen molar-refractivity contribution in [1.82, 2.24) is 9.55 Å². The first-order chi connectivity index (χ1) is 9.54. The van der Waals surface area contributed by atoms with E-state index in [4.69, 9.17) is 0 Å². The summed E-state index contributed by atoms with van der Waals surface area (Å²) in [5, 5.41) is 0. The van der Waals surface area contributed by atoms with Gasteiger partial charge in [0.1, 0.15) is 5.82 Å². The molecule has 0 saturated heterocycles. The standard InChI is InChI=1S/C14H8BrF3N2/c15-10-3-9(16)2-1-8(10)6-20-7-19-13-4-11(17)12(18)5-14(13)20/h1-5,7H,6H2. The summed E-state index contributed by atoms with van der Waals surface area (Å²) < 4.78 is 41.7. The van der Waals surface area contributed by atoms with Crippen LogP contribution in [0.3, 0.4) is 0 Å². The normalized spacial score (nSPS) is 11.2. The van der Waals surface area contributed by atoms with Crippen molar-refractivity contribution < 1.29 is 13.2 Å². The summed E-state index contributed by atoms with van der Waals surface area (Å²) in [7, 11) is 0. The molecule has 1 heterocycles. The zero-order chi connectivity index (χ0) is 14.3. The van der Waals surface area contributed by atoms with Crippen molar-refractivity contribution in [3.63, 3.8) is 0 Å². The molecule has 0 radical (unpaired) electrons. The van der Waals surface area contributed by atoms with Gasteiger partial charge in [0.2, 0.25) is 0 Å². The molecule has 0 aliphatic carbocycles. The second kappa shape index (κ2) is 4.94. The summed E-state index contributed by atoms with van der Waals surface area (Å²) in [6.07, 6.45) is 1.50. The minimum Gasteiger partial charge on any atom is -0.326 e. The molecule has 0 amide bonds. The molecule has 3 rings (SSSR count). The molecule has 0 aliphatic heterocycles. The second-order valence-corrected chi connectivity index (χ2v) is 5.22. The molecule has 0 atom stereocenters. The third-order valence-electron chi connectivity index (χ3n) is 3.02. The first-order valence-electron chi connectivity index (χ1n) is 5.78. The maximum atomic E-state index is 13.3. The summed E-state index contributed by atoms with van der Waals surface area (Å²) in [6, 6.07) is 6.50. The number of hydrogen-bond donors (Lipinski definition) is 0. The predicted molar refractivity (Wildman–Crippen MR) is 72.9 cm³/mol. The van der Waals surface area contributed by atoms with Crippen molar-refractivity contribution in [3.8, 4) is 0 Å². The van der Waals surface area contributed by atoms with Gasteiger partial charge in [0.15, 0.2) is 11.6 Å². The first kappa shape index (κ1) is 13.2. The highest BCUT2D eigenvalue weighted by Gasteiger charge is 2.10. The Kier molecular flexibility index (Phi) is 3.25. The Labute approximate surface area is 121 Å². The van der Waals surface area contributed by atoms with Crippen molar-refractivity contribution >= 4 is 27.0 Å². The van der Waals surface area contributed by atoms with Gasteiger partial charge in [-0.1, -0.05) is 22.0 Å². The van der Waals surface area contributed by atoms with E-state index in [1.54, 1.807) is 10.6 Å². The van der Waals surface area contributed by atoms with Crippen LogP contribution in [0.25, 0.3) is 11.0 Å². The lowest BCUT2D eigenvalue weighted by atomic mass is 10.2. The lowest BCUT2D eigenvalue weighted by molar-refractivity contribution is 0.510. The Morgan fingerprint density at radius 3 is 2.55 bits per heavy atom. The van der Waals surface area contributed by atoms with Gasteiger partial charge in [-0.3, -0.25) is 0 Å². The van der Waals surface area contributed by atoms with Crippen LogP contribution in [-0.2, 0) is 6.54 Å². The van der Waals surface area contributed by atoms with E-state index >= 15 is 0 Å². The zero-order valence-electron chi connectivity index (χ0n) is 10.1. The van der Waals surface area contributed by atoms with Crippen LogP contribution in [0.4, 0.5) is 13.2 Å². The van der Waals surface area contributed by atoms with Crippen LogP contribution in [0.1, 0.15) is 5.56 Å². The van der Waals surface area contributed by atoms with Crippen LogP contribution in [0.5, 0.6) is 0 Å². The molecule has 6 heteroatoms. The number of fused-ring (bicyclic) bond motifs is 1. The van der Waals surface area contributed by atoms with Gasteiger partial charge in [-0.05, 0) is 17.7 Å². The topological polar surface area (TPSA) is 17.8 Å². The highest BCUT2D eigenvalue weighted by molar-refractivity contribution is 9.10. The maximum absolute atomic E-state index is 13.3. The van der Waals surface area contributed by atoms with Crippen molar-refractivity contribution in [2.24, 2.45) is 0 Å². The van der Waals surface area contributed by atoms with Gasteiger partial charge in [-0.2, -0.15) is 0 Å². The number of rotatable bonds is 2. The summed E-state index contributed by atoms with van der Waals surface area (Å²) >= 11 is 3.28. The Hall–Kier alpha value is -1.82. The Morgan fingerprint density at radius 1 is 1.05 bits per heavy atom. The molecule has 0 fully saturated rings. The average Bonchev–Trinajstić information content (AvgIpc) is 2.76. The molecule has 0 bridgehead atoms. The van der Waals surface area contributed by atoms with Crippen LogP contribution in [0, 0.1) is 17.5 Å². The van der Waals surface area contributed by atoms with Crippen molar-refractivity contribution in [3.05, 3.63) is 64.1 Å². The average molecular weight is 341 g/mol. The Morgan fingerprint density at radius 2 is 1.80 bits per heavy atom. The minimum atomic E-state index is -0.925. The van der Waals surface area contributed by atoms with Crippen LogP contribution >= 0.6 is 15.9 Å². The summed E-state index contributed by atoms with van der Waals surface area (Å²) in [6.45, 7) is 0.377. The molecule has 1 aromatic heterocycles. The van der Waals surface area contributed by atoms with E-state index in [9.17, 15) is 13.2 Å². The molecule has 0 spiro atoms. The molecule has 0 saturated carbocycles. The summed E-state index contributed by atoms with van der Waals surface area (Å²) in [5.41, 5.74) is 1.68.